The van der Waals surface area contributed by atoms with Crippen molar-refractivity contribution in [2.75, 3.05) is 6.54 Å². The monoisotopic (exact) mass is 227 g/mol. The number of amides is 1. The molecular weight excluding hydrogens is 210 g/mol. The molecule has 1 aromatic rings. The summed E-state index contributed by atoms with van der Waals surface area (Å²) < 4.78 is 0. The number of benzene rings is 1. The molecule has 0 heterocycles. The molecular formula is C15H17NO. The quantitative estimate of drug-likeness (QED) is 0.607. The van der Waals surface area contributed by atoms with Gasteiger partial charge < -0.3 is 5.32 Å². The SMILES string of the molecule is C#CCCCNC(=O)C1CC1c1ccccc1. The van der Waals surface area contributed by atoms with E-state index < -0.39 is 0 Å². The molecule has 0 bridgehead atoms. The molecule has 1 fully saturated rings. The molecule has 88 valence electrons. The highest BCUT2D eigenvalue weighted by Crippen LogP contribution is 2.47. The van der Waals surface area contributed by atoms with Gasteiger partial charge in [-0.2, -0.15) is 0 Å². The van der Waals surface area contributed by atoms with Crippen molar-refractivity contribution in [1.82, 2.24) is 5.32 Å². The fourth-order valence-corrected chi connectivity index (χ4v) is 2.09. The number of nitrogens with one attached hydrogen (secondary N) is 1. The Morgan fingerprint density at radius 2 is 2.18 bits per heavy atom. The van der Waals surface area contributed by atoms with Gasteiger partial charge in [0.05, 0.1) is 0 Å². The van der Waals surface area contributed by atoms with Crippen LogP contribution in [-0.4, -0.2) is 12.5 Å². The largest absolute Gasteiger partial charge is 0.356 e. The van der Waals surface area contributed by atoms with Crippen molar-refractivity contribution in [3.63, 3.8) is 0 Å². The summed E-state index contributed by atoms with van der Waals surface area (Å²) in [5.74, 6) is 3.34. The van der Waals surface area contributed by atoms with E-state index in [1.165, 1.54) is 5.56 Å². The maximum absolute atomic E-state index is 11.8. The lowest BCUT2D eigenvalue weighted by atomic mass is 10.1. The summed E-state index contributed by atoms with van der Waals surface area (Å²) in [4.78, 5) is 11.8. The summed E-state index contributed by atoms with van der Waals surface area (Å²) in [5, 5.41) is 2.94. The molecule has 2 atom stereocenters. The minimum Gasteiger partial charge on any atom is -0.356 e. The minimum atomic E-state index is 0.170. The minimum absolute atomic E-state index is 0.170. The highest BCUT2D eigenvalue weighted by atomic mass is 16.2. The number of carbonyl (C=O) groups excluding carboxylic acids is 1. The fourth-order valence-electron chi connectivity index (χ4n) is 2.09. The van der Waals surface area contributed by atoms with Crippen molar-refractivity contribution in [3.8, 4) is 12.3 Å². The van der Waals surface area contributed by atoms with E-state index in [1.54, 1.807) is 0 Å². The van der Waals surface area contributed by atoms with Gasteiger partial charge in [-0.25, -0.2) is 0 Å². The van der Waals surface area contributed by atoms with Crippen LogP contribution in [0.15, 0.2) is 30.3 Å². The smallest absolute Gasteiger partial charge is 0.223 e. The van der Waals surface area contributed by atoms with Gasteiger partial charge in [0.25, 0.3) is 0 Å². The zero-order valence-corrected chi connectivity index (χ0v) is 9.86. The summed E-state index contributed by atoms with van der Waals surface area (Å²) in [6, 6.07) is 10.2. The Balaban J connectivity index is 1.75. The van der Waals surface area contributed by atoms with Crippen LogP contribution in [0.25, 0.3) is 0 Å². The molecule has 2 nitrogen and oxygen atoms in total. The van der Waals surface area contributed by atoms with E-state index in [4.69, 9.17) is 6.42 Å². The Bertz CT molecular complexity index is 418. The van der Waals surface area contributed by atoms with Gasteiger partial charge in [-0.3, -0.25) is 4.79 Å². The van der Waals surface area contributed by atoms with Crippen LogP contribution < -0.4 is 5.32 Å². The molecule has 1 amide bonds. The third-order valence-corrected chi connectivity index (χ3v) is 3.15. The van der Waals surface area contributed by atoms with Crippen LogP contribution in [0.4, 0.5) is 0 Å². The van der Waals surface area contributed by atoms with Crippen molar-refractivity contribution in [1.29, 1.82) is 0 Å². The predicted octanol–water partition coefficient (Wildman–Crippen LogP) is 2.32. The Kier molecular flexibility index (Phi) is 3.82. The van der Waals surface area contributed by atoms with Crippen LogP contribution in [0.3, 0.4) is 0 Å². The lowest BCUT2D eigenvalue weighted by molar-refractivity contribution is -0.122. The molecule has 1 aliphatic carbocycles. The Morgan fingerprint density at radius 1 is 1.41 bits per heavy atom. The molecule has 1 aromatic carbocycles. The highest BCUT2D eigenvalue weighted by molar-refractivity contribution is 5.82. The Labute approximate surface area is 102 Å². The van der Waals surface area contributed by atoms with E-state index in [9.17, 15) is 4.79 Å². The average molecular weight is 227 g/mol. The number of terminal acetylenes is 1. The van der Waals surface area contributed by atoms with E-state index in [-0.39, 0.29) is 11.8 Å². The maximum atomic E-state index is 11.8. The van der Waals surface area contributed by atoms with Crippen LogP contribution in [-0.2, 0) is 4.79 Å². The average Bonchev–Trinajstić information content (AvgIpc) is 3.16. The van der Waals surface area contributed by atoms with E-state index in [1.807, 2.05) is 18.2 Å². The van der Waals surface area contributed by atoms with Gasteiger partial charge in [-0.1, -0.05) is 30.3 Å². The molecule has 2 heteroatoms. The van der Waals surface area contributed by atoms with Crippen molar-refractivity contribution < 1.29 is 4.79 Å². The lowest BCUT2D eigenvalue weighted by Crippen LogP contribution is -2.26. The molecule has 2 rings (SSSR count). The molecule has 0 aromatic heterocycles. The summed E-state index contributed by atoms with van der Waals surface area (Å²) in [6.07, 6.45) is 7.73. The molecule has 1 N–H and O–H groups in total. The number of rotatable bonds is 5. The zero-order valence-electron chi connectivity index (χ0n) is 9.86. The Morgan fingerprint density at radius 3 is 2.88 bits per heavy atom. The first-order chi connectivity index (χ1) is 8.33. The van der Waals surface area contributed by atoms with Gasteiger partial charge >= 0.3 is 0 Å². The molecule has 1 saturated carbocycles. The molecule has 0 saturated heterocycles. The second-order valence-electron chi connectivity index (χ2n) is 4.46. The third-order valence-electron chi connectivity index (χ3n) is 3.15. The summed E-state index contributed by atoms with van der Waals surface area (Å²) in [7, 11) is 0. The topological polar surface area (TPSA) is 29.1 Å². The molecule has 1 aliphatic rings. The van der Waals surface area contributed by atoms with Crippen LogP contribution >= 0.6 is 0 Å². The highest BCUT2D eigenvalue weighted by Gasteiger charge is 2.43. The molecule has 17 heavy (non-hydrogen) atoms. The number of hydrogen-bond donors (Lipinski definition) is 1. The molecule has 2 unspecified atom stereocenters. The zero-order chi connectivity index (χ0) is 12.1. The van der Waals surface area contributed by atoms with Crippen molar-refractivity contribution in [2.24, 2.45) is 5.92 Å². The normalized spacial score (nSPS) is 21.6. The van der Waals surface area contributed by atoms with E-state index in [0.29, 0.717) is 12.5 Å². The standard InChI is InChI=1S/C15H17NO/c1-2-3-7-10-16-15(17)14-11-13(14)12-8-5-4-6-9-12/h1,4-6,8-9,13-14H,3,7,10-11H2,(H,16,17). The van der Waals surface area contributed by atoms with Gasteiger partial charge in [0.15, 0.2) is 0 Å². The third kappa shape index (κ3) is 3.10. The van der Waals surface area contributed by atoms with Gasteiger partial charge in [0, 0.05) is 18.9 Å². The van der Waals surface area contributed by atoms with Crippen molar-refractivity contribution in [3.05, 3.63) is 35.9 Å². The summed E-state index contributed by atoms with van der Waals surface area (Å²) in [6.45, 7) is 0.695. The summed E-state index contributed by atoms with van der Waals surface area (Å²) in [5.41, 5.74) is 1.27. The van der Waals surface area contributed by atoms with Crippen LogP contribution in [0.1, 0.15) is 30.7 Å². The van der Waals surface area contributed by atoms with E-state index in [2.05, 4.69) is 23.4 Å². The van der Waals surface area contributed by atoms with E-state index >= 15 is 0 Å². The van der Waals surface area contributed by atoms with Gasteiger partial charge in [0.1, 0.15) is 0 Å². The van der Waals surface area contributed by atoms with Gasteiger partial charge in [-0.05, 0) is 24.3 Å². The predicted molar refractivity (Wildman–Crippen MR) is 68.4 cm³/mol. The van der Waals surface area contributed by atoms with Crippen LogP contribution in [0.2, 0.25) is 0 Å². The molecule has 0 radical (unpaired) electrons. The first-order valence-corrected chi connectivity index (χ1v) is 6.09. The first kappa shape index (κ1) is 11.7. The second-order valence-corrected chi connectivity index (χ2v) is 4.46. The van der Waals surface area contributed by atoms with Crippen LogP contribution in [0.5, 0.6) is 0 Å². The number of carbonyl (C=O) groups is 1. The number of hydrogen-bond acceptors (Lipinski definition) is 1. The molecule has 0 spiro atoms. The maximum Gasteiger partial charge on any atom is 0.223 e. The van der Waals surface area contributed by atoms with Crippen LogP contribution in [0, 0.1) is 18.3 Å². The lowest BCUT2D eigenvalue weighted by Gasteiger charge is -2.03. The number of unbranched alkanes of at least 4 members (excludes halogenated alkanes) is 1. The molecule has 0 aliphatic heterocycles. The van der Waals surface area contributed by atoms with Crippen molar-refractivity contribution in [2.45, 2.75) is 25.2 Å². The first-order valence-electron chi connectivity index (χ1n) is 6.09. The Hall–Kier alpha value is -1.75. The van der Waals surface area contributed by atoms with Crippen molar-refractivity contribution >= 4 is 5.91 Å². The second kappa shape index (κ2) is 5.54. The summed E-state index contributed by atoms with van der Waals surface area (Å²) >= 11 is 0. The van der Waals surface area contributed by atoms with Gasteiger partial charge in [0.2, 0.25) is 5.91 Å². The fraction of sp³-hybridized carbons (Fsp3) is 0.400. The van der Waals surface area contributed by atoms with Gasteiger partial charge in [-0.15, -0.1) is 12.3 Å². The van der Waals surface area contributed by atoms with E-state index in [0.717, 1.165) is 19.3 Å².